The van der Waals surface area contributed by atoms with E-state index in [0.29, 0.717) is 23.9 Å². The molecular formula is C23H38N2O. The van der Waals surface area contributed by atoms with E-state index in [1.165, 1.54) is 18.4 Å². The summed E-state index contributed by atoms with van der Waals surface area (Å²) in [6.07, 6.45) is 4.57. The molecule has 1 saturated carbocycles. The molecule has 3 atom stereocenters. The lowest BCUT2D eigenvalue weighted by atomic mass is 9.90. The van der Waals surface area contributed by atoms with Gasteiger partial charge in [-0.3, -0.25) is 0 Å². The summed E-state index contributed by atoms with van der Waals surface area (Å²) in [5.74, 6) is 1.34. The molecule has 1 fully saturated rings. The van der Waals surface area contributed by atoms with Crippen LogP contribution in [0, 0.1) is 11.8 Å². The van der Waals surface area contributed by atoms with Gasteiger partial charge in [-0.25, -0.2) is 0 Å². The quantitative estimate of drug-likeness (QED) is 0.707. The van der Waals surface area contributed by atoms with Gasteiger partial charge in [0.25, 0.3) is 0 Å². The average Bonchev–Trinajstić information content (AvgIpc) is 3.03. The van der Waals surface area contributed by atoms with Gasteiger partial charge in [-0.1, -0.05) is 57.2 Å². The fraction of sp³-hybridized carbons (Fsp3) is 0.609. The first-order chi connectivity index (χ1) is 12.3. The molecule has 0 amide bonds. The minimum absolute atomic E-state index is 0.266. The van der Waals surface area contributed by atoms with Crippen LogP contribution in [-0.4, -0.2) is 37.4 Å². The maximum Gasteiger partial charge on any atom is 0.123 e. The summed E-state index contributed by atoms with van der Waals surface area (Å²) in [4.78, 5) is 13.0. The van der Waals surface area contributed by atoms with E-state index in [9.17, 15) is 4.79 Å². The summed E-state index contributed by atoms with van der Waals surface area (Å²) in [5, 5.41) is 3.37. The number of rotatable bonds is 7. The predicted octanol–water partition coefficient (Wildman–Crippen LogP) is 4.85. The molecule has 0 saturated heterocycles. The molecule has 0 aromatic heterocycles. The molecule has 1 aromatic rings. The molecule has 1 aliphatic rings. The first-order valence-electron chi connectivity index (χ1n) is 9.89. The summed E-state index contributed by atoms with van der Waals surface area (Å²) in [7, 11) is 4.19. The lowest BCUT2D eigenvalue weighted by molar-refractivity contribution is -0.111. The smallest absolute Gasteiger partial charge is 0.123 e. The molecule has 3 heteroatoms. The van der Waals surface area contributed by atoms with Crippen molar-refractivity contribution in [1.29, 1.82) is 0 Å². The standard InChI is InChI=1S/C12H14O.C11H24N2/c13-9-11-7-4-8-12(11)10-5-2-1-3-6-10;1-8(2)11(13(6)7)10(5)12-9(3)4/h1-3,5-6,9,11-12H,4,7-8H2;8-9,11-12H,5H2,1-4,6-7H3. The molecule has 1 aromatic carbocycles. The van der Waals surface area contributed by atoms with Gasteiger partial charge in [-0.2, -0.15) is 0 Å². The van der Waals surface area contributed by atoms with Crippen LogP contribution in [0.3, 0.4) is 0 Å². The Balaban J connectivity index is 0.000000260. The van der Waals surface area contributed by atoms with Crippen LogP contribution < -0.4 is 5.32 Å². The fourth-order valence-corrected chi connectivity index (χ4v) is 4.03. The van der Waals surface area contributed by atoms with Gasteiger partial charge >= 0.3 is 0 Å². The number of hydrogen-bond acceptors (Lipinski definition) is 3. The molecule has 0 aliphatic heterocycles. The van der Waals surface area contributed by atoms with Gasteiger partial charge in [0.05, 0.1) is 6.04 Å². The summed E-state index contributed by atoms with van der Waals surface area (Å²) >= 11 is 0. The van der Waals surface area contributed by atoms with Crippen LogP contribution in [0.15, 0.2) is 42.6 Å². The third-order valence-corrected chi connectivity index (χ3v) is 4.99. The summed E-state index contributed by atoms with van der Waals surface area (Å²) in [6, 6.07) is 11.3. The van der Waals surface area contributed by atoms with E-state index in [1.54, 1.807) is 0 Å². The highest BCUT2D eigenvalue weighted by atomic mass is 16.1. The number of nitrogens with zero attached hydrogens (tertiary/aromatic N) is 1. The number of nitrogens with one attached hydrogen (secondary N) is 1. The van der Waals surface area contributed by atoms with Gasteiger partial charge in [-0.15, -0.1) is 0 Å². The largest absolute Gasteiger partial charge is 0.385 e. The highest BCUT2D eigenvalue weighted by Gasteiger charge is 2.27. The van der Waals surface area contributed by atoms with Crippen molar-refractivity contribution in [1.82, 2.24) is 10.2 Å². The molecule has 26 heavy (non-hydrogen) atoms. The summed E-state index contributed by atoms with van der Waals surface area (Å²) < 4.78 is 0. The summed E-state index contributed by atoms with van der Waals surface area (Å²) in [5.41, 5.74) is 2.45. The van der Waals surface area contributed by atoms with Crippen LogP contribution in [0.4, 0.5) is 0 Å². The Labute approximate surface area is 160 Å². The van der Waals surface area contributed by atoms with E-state index in [-0.39, 0.29) is 5.92 Å². The highest BCUT2D eigenvalue weighted by molar-refractivity contribution is 5.56. The van der Waals surface area contributed by atoms with Crippen molar-refractivity contribution in [2.24, 2.45) is 11.8 Å². The van der Waals surface area contributed by atoms with Gasteiger partial charge in [-0.05, 0) is 58.2 Å². The Bertz CT molecular complexity index is 528. The van der Waals surface area contributed by atoms with Crippen LogP contribution in [0.25, 0.3) is 0 Å². The molecule has 0 bridgehead atoms. The third kappa shape index (κ3) is 6.95. The number of hydrogen-bond donors (Lipinski definition) is 1. The number of benzene rings is 1. The normalized spacial score (nSPS) is 20.7. The fourth-order valence-electron chi connectivity index (χ4n) is 4.03. The zero-order valence-electron chi connectivity index (χ0n) is 17.5. The molecular weight excluding hydrogens is 320 g/mol. The number of aldehydes is 1. The predicted molar refractivity (Wildman–Crippen MR) is 112 cm³/mol. The van der Waals surface area contributed by atoms with Crippen molar-refractivity contribution in [3.63, 3.8) is 0 Å². The van der Waals surface area contributed by atoms with Gasteiger partial charge in [0.2, 0.25) is 0 Å². The zero-order chi connectivity index (χ0) is 19.7. The average molecular weight is 359 g/mol. The SMILES string of the molecule is C=C(NC(C)C)C(C(C)C)N(C)C.O=CC1CCCC1c1ccccc1. The zero-order valence-corrected chi connectivity index (χ0v) is 17.5. The Morgan fingerprint density at radius 1 is 1.15 bits per heavy atom. The van der Waals surface area contributed by atoms with Crippen LogP contribution in [0.1, 0.15) is 58.4 Å². The number of carbonyl (C=O) groups is 1. The Hall–Kier alpha value is -1.61. The minimum atomic E-state index is 0.266. The van der Waals surface area contributed by atoms with Crippen LogP contribution in [0.2, 0.25) is 0 Å². The maximum absolute atomic E-state index is 10.8. The molecule has 2 rings (SSSR count). The molecule has 1 aliphatic carbocycles. The second-order valence-corrected chi connectivity index (χ2v) is 8.22. The lowest BCUT2D eigenvalue weighted by Gasteiger charge is -2.31. The number of carbonyl (C=O) groups excluding carboxylic acids is 1. The Morgan fingerprint density at radius 3 is 2.23 bits per heavy atom. The van der Waals surface area contributed by atoms with Crippen LogP contribution in [-0.2, 0) is 4.79 Å². The van der Waals surface area contributed by atoms with Crippen molar-refractivity contribution in [2.75, 3.05) is 14.1 Å². The topological polar surface area (TPSA) is 32.3 Å². The van der Waals surface area contributed by atoms with Crippen LogP contribution >= 0.6 is 0 Å². The summed E-state index contributed by atoms with van der Waals surface area (Å²) in [6.45, 7) is 12.8. The molecule has 3 unspecified atom stereocenters. The van der Waals surface area contributed by atoms with Crippen molar-refractivity contribution < 1.29 is 4.79 Å². The molecule has 3 nitrogen and oxygen atoms in total. The molecule has 1 N–H and O–H groups in total. The second-order valence-electron chi connectivity index (χ2n) is 8.22. The van der Waals surface area contributed by atoms with E-state index in [4.69, 9.17) is 0 Å². The number of likely N-dealkylation sites (N-methyl/N-ethyl adjacent to an activating group) is 1. The van der Waals surface area contributed by atoms with Crippen LogP contribution in [0.5, 0.6) is 0 Å². The van der Waals surface area contributed by atoms with E-state index >= 15 is 0 Å². The van der Waals surface area contributed by atoms with E-state index < -0.39 is 0 Å². The Morgan fingerprint density at radius 2 is 1.77 bits per heavy atom. The van der Waals surface area contributed by atoms with E-state index in [0.717, 1.165) is 18.4 Å². The lowest BCUT2D eigenvalue weighted by Crippen LogP contribution is -2.40. The second kappa shape index (κ2) is 11.2. The molecule has 0 radical (unpaired) electrons. The van der Waals surface area contributed by atoms with Gasteiger partial charge < -0.3 is 15.0 Å². The minimum Gasteiger partial charge on any atom is -0.385 e. The van der Waals surface area contributed by atoms with E-state index in [1.807, 2.05) is 6.07 Å². The van der Waals surface area contributed by atoms with Gasteiger partial charge in [0.1, 0.15) is 6.29 Å². The van der Waals surface area contributed by atoms with E-state index in [2.05, 4.69) is 82.9 Å². The molecule has 0 heterocycles. The van der Waals surface area contributed by atoms with Crippen molar-refractivity contribution in [2.45, 2.75) is 65.0 Å². The monoisotopic (exact) mass is 358 g/mol. The molecule has 146 valence electrons. The maximum atomic E-state index is 10.8. The molecule has 0 spiro atoms. The van der Waals surface area contributed by atoms with Gasteiger partial charge in [0.15, 0.2) is 0 Å². The van der Waals surface area contributed by atoms with Crippen molar-refractivity contribution in [3.05, 3.63) is 48.2 Å². The van der Waals surface area contributed by atoms with Gasteiger partial charge in [0, 0.05) is 17.7 Å². The Kier molecular flexibility index (Phi) is 9.64. The first kappa shape index (κ1) is 22.4. The first-order valence-corrected chi connectivity index (χ1v) is 9.89. The third-order valence-electron chi connectivity index (χ3n) is 4.99. The van der Waals surface area contributed by atoms with Crippen molar-refractivity contribution >= 4 is 6.29 Å². The van der Waals surface area contributed by atoms with Crippen molar-refractivity contribution in [3.8, 4) is 0 Å². The highest BCUT2D eigenvalue weighted by Crippen LogP contribution is 2.38.